The van der Waals surface area contributed by atoms with Crippen LogP contribution >= 0.6 is 23.1 Å². The second-order valence-electron chi connectivity index (χ2n) is 6.40. The summed E-state index contributed by atoms with van der Waals surface area (Å²) < 4.78 is 3.72. The van der Waals surface area contributed by atoms with Crippen molar-refractivity contribution in [2.45, 2.75) is 31.3 Å². The van der Waals surface area contributed by atoms with Crippen LogP contribution in [0.15, 0.2) is 11.5 Å². The summed E-state index contributed by atoms with van der Waals surface area (Å²) in [6, 6.07) is 0. The number of primary amides is 1. The second kappa shape index (κ2) is 5.40. The molecule has 128 valence electrons. The number of nitrogens with zero attached hydrogens (tertiary/aromatic N) is 6. The van der Waals surface area contributed by atoms with Gasteiger partial charge in [0.05, 0.1) is 11.1 Å². The molecular weight excluding hydrogens is 358 g/mol. The number of hydrogen-bond acceptors (Lipinski definition) is 7. The maximum absolute atomic E-state index is 11.2. The minimum atomic E-state index is -0.376. The number of thioether (sulfide) groups is 1. The first-order valence-corrected chi connectivity index (χ1v) is 9.86. The zero-order chi connectivity index (χ0) is 17.1. The summed E-state index contributed by atoms with van der Waals surface area (Å²) in [5.41, 5.74) is 7.49. The van der Waals surface area contributed by atoms with Gasteiger partial charge in [0.2, 0.25) is 5.91 Å². The first kappa shape index (κ1) is 15.1. The van der Waals surface area contributed by atoms with Crippen LogP contribution in [0.2, 0.25) is 0 Å². The Bertz CT molecular complexity index is 1140. The van der Waals surface area contributed by atoms with E-state index in [1.165, 1.54) is 28.6 Å². The number of aromatic nitrogens is 6. The van der Waals surface area contributed by atoms with E-state index >= 15 is 0 Å². The van der Waals surface area contributed by atoms with Crippen molar-refractivity contribution in [2.75, 3.05) is 5.75 Å². The molecule has 0 spiro atoms. The number of thiophene rings is 1. The molecule has 10 heteroatoms. The van der Waals surface area contributed by atoms with Crippen LogP contribution in [0.4, 0.5) is 0 Å². The lowest BCUT2D eigenvalue weighted by Crippen LogP contribution is -2.13. The highest BCUT2D eigenvalue weighted by Crippen LogP contribution is 2.40. The van der Waals surface area contributed by atoms with E-state index in [2.05, 4.69) is 27.2 Å². The molecule has 0 saturated heterocycles. The van der Waals surface area contributed by atoms with Gasteiger partial charge in [-0.25, -0.2) is 9.38 Å². The lowest BCUT2D eigenvalue weighted by atomic mass is 9.89. The summed E-state index contributed by atoms with van der Waals surface area (Å²) in [5.74, 6) is 1.06. The summed E-state index contributed by atoms with van der Waals surface area (Å²) in [6.45, 7) is 2.29. The molecule has 0 aromatic carbocycles. The monoisotopic (exact) mass is 373 g/mol. The van der Waals surface area contributed by atoms with E-state index in [0.717, 1.165) is 28.7 Å². The van der Waals surface area contributed by atoms with Crippen LogP contribution in [0.5, 0.6) is 0 Å². The number of carbonyl (C=O) groups excluding carboxylic acids is 1. The van der Waals surface area contributed by atoms with E-state index in [1.54, 1.807) is 22.2 Å². The van der Waals surface area contributed by atoms with Crippen LogP contribution in [0.3, 0.4) is 0 Å². The molecule has 1 aliphatic rings. The fourth-order valence-electron chi connectivity index (χ4n) is 3.50. The highest BCUT2D eigenvalue weighted by molar-refractivity contribution is 7.99. The summed E-state index contributed by atoms with van der Waals surface area (Å²) >= 11 is 3.07. The van der Waals surface area contributed by atoms with Crippen LogP contribution in [-0.4, -0.2) is 40.9 Å². The molecule has 8 nitrogen and oxygen atoms in total. The fraction of sp³-hybridized carbons (Fsp3) is 0.400. The van der Waals surface area contributed by atoms with Gasteiger partial charge in [0.25, 0.3) is 5.78 Å². The SMILES string of the molecule is CC1CCc2sc3c(c2C1)c1ncnn1c1nnc(SCC(N)=O)n31. The number of hydrogen-bond donors (Lipinski definition) is 1. The van der Waals surface area contributed by atoms with E-state index in [4.69, 9.17) is 5.73 Å². The Morgan fingerprint density at radius 3 is 3.20 bits per heavy atom. The minimum Gasteiger partial charge on any atom is -0.369 e. The quantitative estimate of drug-likeness (QED) is 0.548. The Balaban J connectivity index is 1.87. The molecule has 4 aromatic heterocycles. The van der Waals surface area contributed by atoms with Crippen molar-refractivity contribution >= 4 is 50.6 Å². The molecule has 4 aromatic rings. The van der Waals surface area contributed by atoms with Crippen molar-refractivity contribution in [2.24, 2.45) is 11.7 Å². The molecule has 0 aliphatic heterocycles. The van der Waals surface area contributed by atoms with Gasteiger partial charge >= 0.3 is 0 Å². The molecule has 0 bridgehead atoms. The Hall–Kier alpha value is -2.20. The van der Waals surface area contributed by atoms with Crippen molar-refractivity contribution in [1.29, 1.82) is 0 Å². The number of aryl methyl sites for hydroxylation is 1. The number of carbonyl (C=O) groups is 1. The molecule has 0 fully saturated rings. The third kappa shape index (κ3) is 2.17. The fourth-order valence-corrected chi connectivity index (χ4v) is 5.56. The lowest BCUT2D eigenvalue weighted by molar-refractivity contribution is -0.115. The molecule has 2 N–H and O–H groups in total. The van der Waals surface area contributed by atoms with Crippen molar-refractivity contribution in [1.82, 2.24) is 29.2 Å². The molecule has 0 saturated carbocycles. The molecule has 1 amide bonds. The first-order chi connectivity index (χ1) is 12.1. The molecule has 25 heavy (non-hydrogen) atoms. The third-order valence-electron chi connectivity index (χ3n) is 4.61. The Kier molecular flexibility index (Phi) is 3.26. The van der Waals surface area contributed by atoms with Gasteiger partial charge in [-0.3, -0.25) is 4.79 Å². The van der Waals surface area contributed by atoms with Gasteiger partial charge < -0.3 is 5.73 Å². The summed E-state index contributed by atoms with van der Waals surface area (Å²) in [4.78, 5) is 18.1. The summed E-state index contributed by atoms with van der Waals surface area (Å²) in [5, 5.41) is 14.7. The molecule has 1 aliphatic carbocycles. The van der Waals surface area contributed by atoms with E-state index in [9.17, 15) is 4.79 Å². The molecule has 1 atom stereocenters. The number of rotatable bonds is 3. The van der Waals surface area contributed by atoms with Gasteiger partial charge in [-0.05, 0) is 30.7 Å². The van der Waals surface area contributed by atoms with Gasteiger partial charge in [0, 0.05) is 4.88 Å². The zero-order valence-electron chi connectivity index (χ0n) is 13.5. The van der Waals surface area contributed by atoms with Crippen LogP contribution in [0, 0.1) is 5.92 Å². The van der Waals surface area contributed by atoms with Gasteiger partial charge in [0.15, 0.2) is 10.8 Å². The maximum atomic E-state index is 11.2. The predicted octanol–water partition coefficient (Wildman–Crippen LogP) is 1.69. The van der Waals surface area contributed by atoms with E-state index < -0.39 is 0 Å². The van der Waals surface area contributed by atoms with Crippen LogP contribution < -0.4 is 5.73 Å². The normalized spacial score (nSPS) is 17.6. The molecular formula is C15H15N7OS2. The van der Waals surface area contributed by atoms with Crippen molar-refractivity contribution < 1.29 is 4.79 Å². The maximum Gasteiger partial charge on any atom is 0.260 e. The third-order valence-corrected chi connectivity index (χ3v) is 6.84. The van der Waals surface area contributed by atoms with Gasteiger partial charge in [0.1, 0.15) is 11.2 Å². The Labute approximate surface area is 150 Å². The second-order valence-corrected chi connectivity index (χ2v) is 8.43. The van der Waals surface area contributed by atoms with Gasteiger partial charge in [-0.1, -0.05) is 18.7 Å². The van der Waals surface area contributed by atoms with E-state index in [1.807, 2.05) is 4.40 Å². The van der Waals surface area contributed by atoms with Crippen molar-refractivity contribution in [3.63, 3.8) is 0 Å². The van der Waals surface area contributed by atoms with Crippen molar-refractivity contribution in [3.05, 3.63) is 16.8 Å². The Morgan fingerprint density at radius 1 is 1.48 bits per heavy atom. The summed E-state index contributed by atoms with van der Waals surface area (Å²) in [6.07, 6.45) is 4.90. The molecule has 5 rings (SSSR count). The highest BCUT2D eigenvalue weighted by atomic mass is 32.2. The van der Waals surface area contributed by atoms with Crippen LogP contribution in [0.1, 0.15) is 23.8 Å². The number of nitrogens with two attached hydrogens (primary N) is 1. The van der Waals surface area contributed by atoms with E-state index in [0.29, 0.717) is 16.9 Å². The average molecular weight is 373 g/mol. The average Bonchev–Trinajstić information content (AvgIpc) is 3.27. The number of fused-ring (bicyclic) bond motifs is 8. The van der Waals surface area contributed by atoms with Gasteiger partial charge in [-0.15, -0.1) is 21.5 Å². The first-order valence-electron chi connectivity index (χ1n) is 8.05. The largest absolute Gasteiger partial charge is 0.369 e. The Morgan fingerprint density at radius 2 is 2.36 bits per heavy atom. The standard InChI is InChI=1S/C15H15N7OS2/c1-7-2-3-9-8(4-7)11-12-17-6-18-22(12)14-19-20-15(24-5-10(16)23)21(14)13(11)25-9/h6-7H,2-5H2,1H3,(H2,16,23). The van der Waals surface area contributed by atoms with E-state index in [-0.39, 0.29) is 11.7 Å². The lowest BCUT2D eigenvalue weighted by Gasteiger charge is -2.17. The molecule has 0 radical (unpaired) electrons. The smallest absolute Gasteiger partial charge is 0.260 e. The zero-order valence-corrected chi connectivity index (χ0v) is 15.1. The predicted molar refractivity (Wildman–Crippen MR) is 96.0 cm³/mol. The van der Waals surface area contributed by atoms with Crippen LogP contribution in [-0.2, 0) is 17.6 Å². The molecule has 4 heterocycles. The molecule has 1 unspecified atom stereocenters. The highest BCUT2D eigenvalue weighted by Gasteiger charge is 2.26. The minimum absolute atomic E-state index is 0.166. The van der Waals surface area contributed by atoms with Gasteiger partial charge in [-0.2, -0.15) is 9.61 Å². The van der Waals surface area contributed by atoms with Crippen LogP contribution in [0.25, 0.3) is 21.6 Å². The van der Waals surface area contributed by atoms with Crippen molar-refractivity contribution in [3.8, 4) is 0 Å². The summed E-state index contributed by atoms with van der Waals surface area (Å²) in [7, 11) is 0. The topological polar surface area (TPSA) is 103 Å². The number of amides is 1.